The third kappa shape index (κ3) is 3.08. The molecule has 0 aliphatic heterocycles. The summed E-state index contributed by atoms with van der Waals surface area (Å²) in [4.78, 5) is 10.8. The average Bonchev–Trinajstić information content (AvgIpc) is 2.83. The highest BCUT2D eigenvalue weighted by Crippen LogP contribution is 2.30. The number of carboxylic acid groups (broad SMARTS) is 1. The molecule has 0 fully saturated rings. The fourth-order valence-electron chi connectivity index (χ4n) is 1.27. The van der Waals surface area contributed by atoms with E-state index in [9.17, 15) is 13.2 Å². The molecule has 0 aliphatic carbocycles. The fourth-order valence-corrected chi connectivity index (χ4v) is 3.81. The number of anilines is 1. The Morgan fingerprint density at radius 1 is 1.45 bits per heavy atom. The van der Waals surface area contributed by atoms with Gasteiger partial charge in [0.25, 0.3) is 10.0 Å². The SMILES string of the molecule is O=C(O)c1cc(S(=O)(=O)Nc2nncs2)cc(Br)c1Cl. The highest BCUT2D eigenvalue weighted by atomic mass is 79.9. The first-order valence-corrected chi connectivity index (χ1v) is 8.36. The summed E-state index contributed by atoms with van der Waals surface area (Å²) in [6.07, 6.45) is 0. The van der Waals surface area contributed by atoms with Gasteiger partial charge in [-0.15, -0.1) is 10.2 Å². The summed E-state index contributed by atoms with van der Waals surface area (Å²) in [6, 6.07) is 2.18. The zero-order valence-electron chi connectivity index (χ0n) is 9.37. The standard InChI is InChI=1S/C9H5BrClN3O4S2/c10-6-2-4(1-5(7(6)11)8(15)16)20(17,18)14-9-13-12-3-19-9/h1-3H,(H,13,14)(H,15,16). The van der Waals surface area contributed by atoms with E-state index in [1.54, 1.807) is 0 Å². The topological polar surface area (TPSA) is 109 Å². The molecule has 7 nitrogen and oxygen atoms in total. The molecule has 11 heteroatoms. The number of hydrogen-bond donors (Lipinski definition) is 2. The van der Waals surface area contributed by atoms with E-state index >= 15 is 0 Å². The van der Waals surface area contributed by atoms with Gasteiger partial charge in [0.2, 0.25) is 5.13 Å². The van der Waals surface area contributed by atoms with Crippen LogP contribution in [0.2, 0.25) is 5.02 Å². The summed E-state index contributed by atoms with van der Waals surface area (Å²) in [5.74, 6) is -1.33. The molecule has 2 N–H and O–H groups in total. The number of aromatic carboxylic acids is 1. The lowest BCUT2D eigenvalue weighted by molar-refractivity contribution is 0.0696. The van der Waals surface area contributed by atoms with Crippen molar-refractivity contribution in [3.63, 3.8) is 0 Å². The van der Waals surface area contributed by atoms with E-state index in [4.69, 9.17) is 16.7 Å². The van der Waals surface area contributed by atoms with Gasteiger partial charge in [-0.05, 0) is 28.1 Å². The van der Waals surface area contributed by atoms with Crippen LogP contribution in [-0.2, 0) is 10.0 Å². The Balaban J connectivity index is 2.49. The minimum Gasteiger partial charge on any atom is -0.478 e. The van der Waals surface area contributed by atoms with Crippen molar-refractivity contribution >= 4 is 60.0 Å². The Bertz CT molecular complexity index is 764. The van der Waals surface area contributed by atoms with Crippen molar-refractivity contribution in [2.24, 2.45) is 0 Å². The van der Waals surface area contributed by atoms with E-state index < -0.39 is 16.0 Å². The molecule has 20 heavy (non-hydrogen) atoms. The number of rotatable bonds is 4. The lowest BCUT2D eigenvalue weighted by Gasteiger charge is -2.08. The van der Waals surface area contributed by atoms with Crippen LogP contribution in [0.1, 0.15) is 10.4 Å². The van der Waals surface area contributed by atoms with Crippen molar-refractivity contribution in [2.75, 3.05) is 4.72 Å². The number of nitrogens with one attached hydrogen (secondary N) is 1. The summed E-state index contributed by atoms with van der Waals surface area (Å²) in [5, 5.41) is 16.0. The molecule has 0 radical (unpaired) electrons. The van der Waals surface area contributed by atoms with Crippen LogP contribution >= 0.6 is 38.9 Å². The van der Waals surface area contributed by atoms with Crippen LogP contribution in [0.5, 0.6) is 0 Å². The van der Waals surface area contributed by atoms with Gasteiger partial charge in [0.15, 0.2) is 0 Å². The Morgan fingerprint density at radius 2 is 2.15 bits per heavy atom. The maximum absolute atomic E-state index is 12.1. The minimum absolute atomic E-state index is 0.0765. The number of nitrogens with zero attached hydrogens (tertiary/aromatic N) is 2. The molecule has 0 amide bonds. The first-order chi connectivity index (χ1) is 9.31. The van der Waals surface area contributed by atoms with Crippen LogP contribution in [-0.4, -0.2) is 29.7 Å². The number of benzene rings is 1. The van der Waals surface area contributed by atoms with Crippen molar-refractivity contribution in [3.8, 4) is 0 Å². The van der Waals surface area contributed by atoms with E-state index in [2.05, 4.69) is 30.8 Å². The summed E-state index contributed by atoms with van der Waals surface area (Å²) in [6.45, 7) is 0. The molecule has 0 bridgehead atoms. The molecule has 106 valence electrons. The largest absolute Gasteiger partial charge is 0.478 e. The molecule has 0 unspecified atom stereocenters. The van der Waals surface area contributed by atoms with E-state index in [0.717, 1.165) is 17.4 Å². The van der Waals surface area contributed by atoms with E-state index in [-0.39, 0.29) is 25.1 Å². The van der Waals surface area contributed by atoms with E-state index in [1.807, 2.05) is 0 Å². The smallest absolute Gasteiger partial charge is 0.337 e. The van der Waals surface area contributed by atoms with Gasteiger partial charge in [-0.25, -0.2) is 13.2 Å². The predicted molar refractivity (Wildman–Crippen MR) is 76.8 cm³/mol. The van der Waals surface area contributed by atoms with Gasteiger partial charge >= 0.3 is 5.97 Å². The van der Waals surface area contributed by atoms with E-state index in [0.29, 0.717) is 0 Å². The van der Waals surface area contributed by atoms with Crippen LogP contribution in [0, 0.1) is 0 Å². The fraction of sp³-hybridized carbons (Fsp3) is 0. The minimum atomic E-state index is -3.97. The Hall–Kier alpha value is -1.23. The van der Waals surface area contributed by atoms with Crippen LogP contribution in [0.25, 0.3) is 0 Å². The third-order valence-corrected chi connectivity index (χ3v) is 5.44. The van der Waals surface area contributed by atoms with Crippen molar-refractivity contribution in [2.45, 2.75) is 4.90 Å². The second-order valence-electron chi connectivity index (χ2n) is 3.42. The van der Waals surface area contributed by atoms with E-state index in [1.165, 1.54) is 11.6 Å². The van der Waals surface area contributed by atoms with Gasteiger partial charge < -0.3 is 5.11 Å². The Kier molecular flexibility index (Phi) is 4.28. The van der Waals surface area contributed by atoms with Crippen molar-refractivity contribution in [1.82, 2.24) is 10.2 Å². The summed E-state index contributed by atoms with van der Waals surface area (Å²) >= 11 is 9.81. The molecule has 0 spiro atoms. The first-order valence-electron chi connectivity index (χ1n) is 4.82. The summed E-state index contributed by atoms with van der Waals surface area (Å²) in [5.41, 5.74) is 1.04. The molecule has 2 rings (SSSR count). The molecule has 0 atom stereocenters. The Morgan fingerprint density at radius 3 is 2.70 bits per heavy atom. The number of halogens is 2. The van der Waals surface area contributed by atoms with Crippen molar-refractivity contribution in [1.29, 1.82) is 0 Å². The van der Waals surface area contributed by atoms with Crippen LogP contribution in [0.3, 0.4) is 0 Å². The maximum atomic E-state index is 12.1. The van der Waals surface area contributed by atoms with Crippen LogP contribution < -0.4 is 4.72 Å². The zero-order valence-corrected chi connectivity index (χ0v) is 13.3. The monoisotopic (exact) mass is 397 g/mol. The average molecular weight is 399 g/mol. The van der Waals surface area contributed by atoms with Gasteiger partial charge in [0.05, 0.1) is 15.5 Å². The molecule has 0 saturated heterocycles. The predicted octanol–water partition coefficient (Wildman–Crippen LogP) is 2.45. The normalized spacial score (nSPS) is 11.3. The molecule has 0 aliphatic rings. The molecule has 0 saturated carbocycles. The van der Waals surface area contributed by atoms with Crippen LogP contribution in [0.15, 0.2) is 27.0 Å². The number of sulfonamides is 1. The highest BCUT2D eigenvalue weighted by Gasteiger charge is 2.21. The number of carboxylic acids is 1. The second-order valence-corrected chi connectivity index (χ2v) is 7.17. The molecule has 1 aromatic carbocycles. The molecular weight excluding hydrogens is 394 g/mol. The lowest BCUT2D eigenvalue weighted by atomic mass is 10.2. The first kappa shape index (κ1) is 15.2. The van der Waals surface area contributed by atoms with Gasteiger partial charge in [-0.2, -0.15) is 0 Å². The molecule has 2 aromatic rings. The van der Waals surface area contributed by atoms with Gasteiger partial charge in [0, 0.05) is 4.47 Å². The van der Waals surface area contributed by atoms with Gasteiger partial charge in [0.1, 0.15) is 5.51 Å². The number of aromatic nitrogens is 2. The van der Waals surface area contributed by atoms with Crippen molar-refractivity contribution in [3.05, 3.63) is 32.7 Å². The third-order valence-electron chi connectivity index (χ3n) is 2.12. The quantitative estimate of drug-likeness (QED) is 0.818. The highest BCUT2D eigenvalue weighted by molar-refractivity contribution is 9.10. The molecule has 1 aromatic heterocycles. The van der Waals surface area contributed by atoms with Crippen LogP contribution in [0.4, 0.5) is 5.13 Å². The van der Waals surface area contributed by atoms with Gasteiger partial charge in [-0.1, -0.05) is 22.9 Å². The van der Waals surface area contributed by atoms with Gasteiger partial charge in [-0.3, -0.25) is 4.72 Å². The second kappa shape index (κ2) is 5.64. The zero-order chi connectivity index (χ0) is 14.9. The Labute approximate surface area is 130 Å². The maximum Gasteiger partial charge on any atom is 0.337 e. The lowest BCUT2D eigenvalue weighted by Crippen LogP contribution is -2.14. The number of hydrogen-bond acceptors (Lipinski definition) is 6. The molecule has 1 heterocycles. The molecular formula is C9H5BrClN3O4S2. The van der Waals surface area contributed by atoms with Crippen molar-refractivity contribution < 1.29 is 18.3 Å². The number of carbonyl (C=O) groups is 1. The summed E-state index contributed by atoms with van der Waals surface area (Å²) < 4.78 is 26.6. The summed E-state index contributed by atoms with van der Waals surface area (Å²) in [7, 11) is -3.97.